The molecular weight excluding hydrogens is 236 g/mol. The fourth-order valence-electron chi connectivity index (χ4n) is 2.17. The van der Waals surface area contributed by atoms with Gasteiger partial charge in [0.1, 0.15) is 5.76 Å². The molecule has 0 saturated heterocycles. The third-order valence-electron chi connectivity index (χ3n) is 2.88. The maximum atomic E-state index is 12.0. The largest absolute Gasteiger partial charge is 0.462 e. The molecule has 1 unspecified atom stereocenters. The first kappa shape index (κ1) is 12.5. The van der Waals surface area contributed by atoms with Crippen LogP contribution in [0.1, 0.15) is 46.7 Å². The lowest BCUT2D eigenvalue weighted by atomic mass is 9.86. The summed E-state index contributed by atoms with van der Waals surface area (Å²) >= 11 is 0. The first-order valence-corrected chi connectivity index (χ1v) is 5.90. The van der Waals surface area contributed by atoms with E-state index < -0.39 is 11.6 Å². The topological polar surface area (TPSA) is 73.6 Å². The van der Waals surface area contributed by atoms with Crippen LogP contribution in [0.4, 0.5) is 0 Å². The molecule has 0 bridgehead atoms. The summed E-state index contributed by atoms with van der Waals surface area (Å²) in [5.41, 5.74) is -0.384. The maximum absolute atomic E-state index is 12.0. The summed E-state index contributed by atoms with van der Waals surface area (Å²) in [5.74, 6) is -0.403. The third-order valence-corrected chi connectivity index (χ3v) is 2.88. The van der Waals surface area contributed by atoms with Gasteiger partial charge in [0, 0.05) is 18.9 Å². The van der Waals surface area contributed by atoms with Crippen LogP contribution in [0.25, 0.3) is 0 Å². The number of ether oxygens (including phenoxy) is 1. The molecule has 1 aliphatic carbocycles. The van der Waals surface area contributed by atoms with Crippen molar-refractivity contribution in [1.29, 1.82) is 0 Å². The van der Waals surface area contributed by atoms with E-state index in [0.29, 0.717) is 18.6 Å². The molecule has 1 aromatic heterocycles. The van der Waals surface area contributed by atoms with Gasteiger partial charge in [0.05, 0.1) is 17.7 Å². The highest BCUT2D eigenvalue weighted by Crippen LogP contribution is 2.27. The summed E-state index contributed by atoms with van der Waals surface area (Å²) in [7, 11) is 0. The molecule has 0 aromatic carbocycles. The van der Waals surface area contributed by atoms with E-state index in [9.17, 15) is 14.4 Å². The highest BCUT2D eigenvalue weighted by molar-refractivity contribution is 6.07. The van der Waals surface area contributed by atoms with Crippen LogP contribution in [0, 0.1) is 5.92 Å². The number of esters is 1. The van der Waals surface area contributed by atoms with Gasteiger partial charge in [-0.2, -0.15) is 0 Å². The molecule has 0 radical (unpaired) electrons. The second-order valence-electron chi connectivity index (χ2n) is 4.43. The van der Waals surface area contributed by atoms with Gasteiger partial charge in [0.15, 0.2) is 5.78 Å². The van der Waals surface area contributed by atoms with Gasteiger partial charge in [0.2, 0.25) is 0 Å². The lowest BCUT2D eigenvalue weighted by Crippen LogP contribution is -2.25. The quantitative estimate of drug-likeness (QED) is 0.745. The Morgan fingerprint density at radius 2 is 2.17 bits per heavy atom. The molecule has 1 heterocycles. The van der Waals surface area contributed by atoms with Crippen molar-refractivity contribution < 1.29 is 18.7 Å². The molecule has 96 valence electrons. The van der Waals surface area contributed by atoms with Gasteiger partial charge < -0.3 is 9.15 Å². The number of carbonyl (C=O) groups is 2. The van der Waals surface area contributed by atoms with Crippen molar-refractivity contribution in [1.82, 2.24) is 0 Å². The zero-order valence-electron chi connectivity index (χ0n) is 10.3. The molecule has 0 aliphatic heterocycles. The Labute approximate surface area is 104 Å². The van der Waals surface area contributed by atoms with E-state index >= 15 is 0 Å². The summed E-state index contributed by atoms with van der Waals surface area (Å²) in [6.45, 7) is 3.76. The van der Waals surface area contributed by atoms with Crippen LogP contribution in [0.5, 0.6) is 0 Å². The summed E-state index contributed by atoms with van der Waals surface area (Å²) in [6, 6.07) is 1.03. The molecule has 1 aromatic rings. The summed E-state index contributed by atoms with van der Waals surface area (Å²) in [4.78, 5) is 35.1. The Morgan fingerprint density at radius 3 is 2.83 bits per heavy atom. The van der Waals surface area contributed by atoms with Crippen LogP contribution < -0.4 is 5.63 Å². The average Bonchev–Trinajstić information content (AvgIpc) is 2.27. The van der Waals surface area contributed by atoms with Crippen molar-refractivity contribution in [2.45, 2.75) is 26.7 Å². The van der Waals surface area contributed by atoms with E-state index in [0.717, 1.165) is 6.07 Å². The average molecular weight is 250 g/mol. The van der Waals surface area contributed by atoms with E-state index in [1.807, 2.05) is 6.92 Å². The number of Topliss-reactive ketones (excluding diaryl/α,β-unsaturated/α-hetero) is 1. The van der Waals surface area contributed by atoms with Crippen LogP contribution in [0.2, 0.25) is 0 Å². The smallest absolute Gasteiger partial charge is 0.339 e. The number of fused-ring (bicyclic) bond motifs is 1. The first-order valence-electron chi connectivity index (χ1n) is 5.90. The highest BCUT2D eigenvalue weighted by atomic mass is 16.5. The van der Waals surface area contributed by atoms with Crippen LogP contribution in [-0.2, 0) is 11.2 Å². The van der Waals surface area contributed by atoms with Crippen molar-refractivity contribution in [2.24, 2.45) is 5.92 Å². The molecule has 0 N–H and O–H groups in total. The van der Waals surface area contributed by atoms with Crippen molar-refractivity contribution in [2.75, 3.05) is 6.61 Å². The first-order chi connectivity index (χ1) is 8.52. The van der Waals surface area contributed by atoms with Crippen LogP contribution in [0.3, 0.4) is 0 Å². The van der Waals surface area contributed by atoms with E-state index in [1.165, 1.54) is 0 Å². The Balaban J connectivity index is 2.57. The molecule has 5 heteroatoms. The van der Waals surface area contributed by atoms with Gasteiger partial charge in [-0.1, -0.05) is 6.92 Å². The minimum atomic E-state index is -0.649. The van der Waals surface area contributed by atoms with Gasteiger partial charge in [-0.15, -0.1) is 0 Å². The third kappa shape index (κ3) is 2.20. The molecule has 0 spiro atoms. The van der Waals surface area contributed by atoms with E-state index in [-0.39, 0.29) is 29.4 Å². The molecule has 0 saturated carbocycles. The van der Waals surface area contributed by atoms with Crippen molar-refractivity contribution >= 4 is 11.8 Å². The number of ketones is 1. The second kappa shape index (κ2) is 4.76. The van der Waals surface area contributed by atoms with E-state index in [2.05, 4.69) is 0 Å². The normalized spacial score (nSPS) is 18.3. The summed E-state index contributed by atoms with van der Waals surface area (Å²) in [5, 5.41) is 0. The van der Waals surface area contributed by atoms with Gasteiger partial charge in [-0.3, -0.25) is 4.79 Å². The molecule has 0 fully saturated rings. The van der Waals surface area contributed by atoms with Crippen molar-refractivity contribution in [3.63, 3.8) is 0 Å². The molecule has 1 aliphatic rings. The summed E-state index contributed by atoms with van der Waals surface area (Å²) in [6.07, 6.45) is 0.844. The minimum absolute atomic E-state index is 0.0278. The fraction of sp³-hybridized carbons (Fsp3) is 0.462. The lowest BCUT2D eigenvalue weighted by Gasteiger charge is -2.20. The predicted molar refractivity (Wildman–Crippen MR) is 62.8 cm³/mol. The van der Waals surface area contributed by atoms with Gasteiger partial charge in [0.25, 0.3) is 0 Å². The predicted octanol–water partition coefficient (Wildman–Crippen LogP) is 1.58. The highest BCUT2D eigenvalue weighted by Gasteiger charge is 2.30. The summed E-state index contributed by atoms with van der Waals surface area (Å²) < 4.78 is 9.88. The van der Waals surface area contributed by atoms with E-state index in [4.69, 9.17) is 9.15 Å². The molecule has 5 nitrogen and oxygen atoms in total. The van der Waals surface area contributed by atoms with E-state index in [1.54, 1.807) is 6.92 Å². The number of rotatable bonds is 2. The Bertz CT molecular complexity index is 555. The minimum Gasteiger partial charge on any atom is -0.462 e. The Morgan fingerprint density at radius 1 is 1.44 bits per heavy atom. The molecule has 0 amide bonds. The lowest BCUT2D eigenvalue weighted by molar-refractivity contribution is 0.0520. The second-order valence-corrected chi connectivity index (χ2v) is 4.43. The van der Waals surface area contributed by atoms with Crippen LogP contribution in [0.15, 0.2) is 15.3 Å². The van der Waals surface area contributed by atoms with Gasteiger partial charge >= 0.3 is 11.6 Å². The standard InChI is InChI=1S/C13H14O5/c1-3-17-13(16)8-6-11(15)18-10-5-7(2)4-9(14)12(8)10/h6-7H,3-5H2,1-2H3. The molecule has 1 atom stereocenters. The van der Waals surface area contributed by atoms with Crippen LogP contribution in [-0.4, -0.2) is 18.4 Å². The van der Waals surface area contributed by atoms with Gasteiger partial charge in [-0.05, 0) is 12.8 Å². The maximum Gasteiger partial charge on any atom is 0.339 e. The zero-order chi connectivity index (χ0) is 13.3. The molecule has 18 heavy (non-hydrogen) atoms. The molecular formula is C13H14O5. The van der Waals surface area contributed by atoms with Crippen LogP contribution >= 0.6 is 0 Å². The monoisotopic (exact) mass is 250 g/mol. The van der Waals surface area contributed by atoms with Crippen molar-refractivity contribution in [3.8, 4) is 0 Å². The number of carbonyl (C=O) groups excluding carboxylic acids is 2. The SMILES string of the molecule is CCOC(=O)c1cc(=O)oc2c1C(=O)CC(C)C2. The molecule has 2 rings (SSSR count). The zero-order valence-corrected chi connectivity index (χ0v) is 10.3. The van der Waals surface area contributed by atoms with Crippen molar-refractivity contribution in [3.05, 3.63) is 33.4 Å². The fourth-order valence-corrected chi connectivity index (χ4v) is 2.17. The Kier molecular flexibility index (Phi) is 3.32. The number of hydrogen-bond donors (Lipinski definition) is 0. The number of hydrogen-bond acceptors (Lipinski definition) is 5. The van der Waals surface area contributed by atoms with Gasteiger partial charge in [-0.25, -0.2) is 9.59 Å². The Hall–Kier alpha value is -1.91.